The van der Waals surface area contributed by atoms with Crippen LogP contribution in [0.25, 0.3) is 0 Å². The second-order valence-electron chi connectivity index (χ2n) is 7.27. The van der Waals surface area contributed by atoms with Gasteiger partial charge in [0.25, 0.3) is 0 Å². The van der Waals surface area contributed by atoms with Gasteiger partial charge in [-0.1, -0.05) is 26.8 Å². The average Bonchev–Trinajstić information content (AvgIpc) is 2.88. The normalized spacial score (nSPS) is 17.1. The summed E-state index contributed by atoms with van der Waals surface area (Å²) < 4.78 is 27.3. The van der Waals surface area contributed by atoms with Crippen molar-refractivity contribution >= 4 is 0 Å². The maximum absolute atomic E-state index is 14.1. The smallest absolute Gasteiger partial charge is 0.156 e. The van der Waals surface area contributed by atoms with E-state index in [0.717, 1.165) is 37.0 Å². The number of aromatic amines is 1. The molecule has 0 atom stereocenters. The second kappa shape index (κ2) is 5.67. The minimum atomic E-state index is -0.550. The summed E-state index contributed by atoms with van der Waals surface area (Å²) in [5.41, 5.74) is -0.0287. The Labute approximate surface area is 134 Å². The molecule has 0 amide bonds. The summed E-state index contributed by atoms with van der Waals surface area (Å²) in [6, 6.07) is 3.80. The van der Waals surface area contributed by atoms with Crippen molar-refractivity contribution in [2.75, 3.05) is 0 Å². The lowest BCUT2D eigenvalue weighted by molar-refractivity contribution is 0.175. The predicted molar refractivity (Wildman–Crippen MR) is 83.8 cm³/mol. The number of hydrogen-bond acceptors (Lipinski definition) is 3. The van der Waals surface area contributed by atoms with Gasteiger partial charge in [-0.15, -0.1) is 0 Å². The number of rotatable bonds is 4. The molecule has 3 rings (SSSR count). The molecule has 1 fully saturated rings. The van der Waals surface area contributed by atoms with Crippen molar-refractivity contribution in [2.24, 2.45) is 0 Å². The van der Waals surface area contributed by atoms with Gasteiger partial charge in [0.15, 0.2) is 5.82 Å². The van der Waals surface area contributed by atoms with Crippen LogP contribution in [0.5, 0.6) is 0 Å². The molecule has 2 aromatic rings. The fourth-order valence-electron chi connectivity index (χ4n) is 2.91. The van der Waals surface area contributed by atoms with Crippen LogP contribution < -0.4 is 5.32 Å². The fourth-order valence-corrected chi connectivity index (χ4v) is 2.91. The van der Waals surface area contributed by atoms with Crippen molar-refractivity contribution in [3.63, 3.8) is 0 Å². The van der Waals surface area contributed by atoms with Gasteiger partial charge in [0.1, 0.15) is 17.5 Å². The maximum Gasteiger partial charge on any atom is 0.156 e. The van der Waals surface area contributed by atoms with Crippen LogP contribution in [0.3, 0.4) is 0 Å². The zero-order valence-electron chi connectivity index (χ0n) is 13.7. The van der Waals surface area contributed by atoms with Crippen LogP contribution in [-0.4, -0.2) is 15.2 Å². The van der Waals surface area contributed by atoms with Crippen molar-refractivity contribution in [3.8, 4) is 0 Å². The summed E-state index contributed by atoms with van der Waals surface area (Å²) in [4.78, 5) is 4.49. The third-order valence-corrected chi connectivity index (χ3v) is 4.45. The molecule has 1 saturated carbocycles. The number of nitrogens with one attached hydrogen (secondary N) is 2. The van der Waals surface area contributed by atoms with Crippen molar-refractivity contribution in [2.45, 2.75) is 57.5 Å². The first-order valence-electron chi connectivity index (χ1n) is 7.92. The highest BCUT2D eigenvalue weighted by molar-refractivity contribution is 5.29. The average molecular weight is 320 g/mol. The van der Waals surface area contributed by atoms with E-state index in [1.165, 1.54) is 12.1 Å². The Hall–Kier alpha value is -1.82. The molecule has 0 saturated heterocycles. The summed E-state index contributed by atoms with van der Waals surface area (Å²) >= 11 is 0. The van der Waals surface area contributed by atoms with Gasteiger partial charge in [0, 0.05) is 22.6 Å². The third-order valence-electron chi connectivity index (χ3n) is 4.45. The lowest BCUT2D eigenvalue weighted by Crippen LogP contribution is -2.48. The lowest BCUT2D eigenvalue weighted by atomic mass is 9.71. The van der Waals surface area contributed by atoms with Crippen LogP contribution in [0.2, 0.25) is 0 Å². The van der Waals surface area contributed by atoms with Crippen LogP contribution in [0.1, 0.15) is 57.2 Å². The van der Waals surface area contributed by atoms with E-state index in [1.54, 1.807) is 0 Å². The zero-order valence-corrected chi connectivity index (χ0v) is 13.7. The van der Waals surface area contributed by atoms with Gasteiger partial charge in [0.2, 0.25) is 0 Å². The Morgan fingerprint density at radius 2 is 2.00 bits per heavy atom. The second-order valence-corrected chi connectivity index (χ2v) is 7.27. The summed E-state index contributed by atoms with van der Waals surface area (Å²) in [6.07, 6.45) is 2.68. The molecule has 0 spiro atoms. The number of H-pyrrole nitrogens is 1. The number of nitrogens with zero attached hydrogens (tertiary/aromatic N) is 2. The van der Waals surface area contributed by atoms with Gasteiger partial charge >= 0.3 is 0 Å². The number of halogens is 2. The standard InChI is InChI=1S/C17H22F2N4/c1-16(2,3)15-21-14(22-23-15)10-20-17(7-4-8-17)12-6-5-11(18)9-13(12)19/h5-6,9,20H,4,7-8,10H2,1-3H3,(H,21,22,23). The first-order valence-corrected chi connectivity index (χ1v) is 7.92. The summed E-state index contributed by atoms with van der Waals surface area (Å²) in [7, 11) is 0. The van der Waals surface area contributed by atoms with Gasteiger partial charge in [-0.05, 0) is 25.3 Å². The molecule has 2 N–H and O–H groups in total. The fraction of sp³-hybridized carbons (Fsp3) is 0.529. The first kappa shape index (κ1) is 16.1. The van der Waals surface area contributed by atoms with Gasteiger partial charge in [-0.3, -0.25) is 5.10 Å². The molecule has 23 heavy (non-hydrogen) atoms. The van der Waals surface area contributed by atoms with Crippen molar-refractivity contribution in [1.82, 2.24) is 20.5 Å². The van der Waals surface area contributed by atoms with Gasteiger partial charge < -0.3 is 5.32 Å². The topological polar surface area (TPSA) is 53.6 Å². The molecule has 4 nitrogen and oxygen atoms in total. The monoisotopic (exact) mass is 320 g/mol. The Balaban J connectivity index is 1.76. The van der Waals surface area contributed by atoms with Crippen molar-refractivity contribution in [1.29, 1.82) is 0 Å². The van der Waals surface area contributed by atoms with Crippen LogP contribution in [0.15, 0.2) is 18.2 Å². The molecule has 0 bridgehead atoms. The number of hydrogen-bond donors (Lipinski definition) is 2. The minimum Gasteiger partial charge on any atom is -0.300 e. The van der Waals surface area contributed by atoms with Gasteiger partial charge in [-0.25, -0.2) is 13.8 Å². The number of aromatic nitrogens is 3. The first-order chi connectivity index (χ1) is 10.8. The van der Waals surface area contributed by atoms with E-state index in [-0.39, 0.29) is 5.41 Å². The molecule has 0 radical (unpaired) electrons. The van der Waals surface area contributed by atoms with Crippen molar-refractivity contribution < 1.29 is 8.78 Å². The molecule has 1 aliphatic carbocycles. The highest BCUT2D eigenvalue weighted by Gasteiger charge is 2.40. The van der Waals surface area contributed by atoms with E-state index in [1.807, 2.05) is 0 Å². The molecule has 6 heteroatoms. The predicted octanol–water partition coefficient (Wildman–Crippen LogP) is 3.55. The highest BCUT2D eigenvalue weighted by atomic mass is 19.1. The van der Waals surface area contributed by atoms with Crippen LogP contribution in [0, 0.1) is 11.6 Å². The van der Waals surface area contributed by atoms with E-state index in [9.17, 15) is 8.78 Å². The zero-order chi connectivity index (χ0) is 16.7. The highest BCUT2D eigenvalue weighted by Crippen LogP contribution is 2.42. The maximum atomic E-state index is 14.1. The van der Waals surface area contributed by atoms with Crippen molar-refractivity contribution in [3.05, 3.63) is 47.0 Å². The number of benzene rings is 1. The molecule has 0 aliphatic heterocycles. The van der Waals surface area contributed by atoms with E-state index in [2.05, 4.69) is 41.3 Å². The summed E-state index contributed by atoms with van der Waals surface area (Å²) in [6.45, 7) is 6.62. The molecular formula is C17H22F2N4. The molecule has 1 aromatic heterocycles. The molecule has 1 heterocycles. The lowest BCUT2D eigenvalue weighted by Gasteiger charge is -2.43. The largest absolute Gasteiger partial charge is 0.300 e. The summed E-state index contributed by atoms with van der Waals surface area (Å²) in [5, 5.41) is 10.6. The quantitative estimate of drug-likeness (QED) is 0.906. The van der Waals surface area contributed by atoms with E-state index in [4.69, 9.17) is 0 Å². The van der Waals surface area contributed by atoms with Crippen LogP contribution >= 0.6 is 0 Å². The SMILES string of the molecule is CC(C)(C)c1n[nH]c(CNC2(c3ccc(F)cc3F)CCC2)n1. The van der Waals surface area contributed by atoms with E-state index < -0.39 is 17.2 Å². The van der Waals surface area contributed by atoms with Gasteiger partial charge in [-0.2, -0.15) is 5.10 Å². The minimum absolute atomic E-state index is 0.119. The third kappa shape index (κ3) is 3.13. The molecule has 0 unspecified atom stereocenters. The van der Waals surface area contributed by atoms with E-state index in [0.29, 0.717) is 12.1 Å². The van der Waals surface area contributed by atoms with Crippen LogP contribution in [-0.2, 0) is 17.5 Å². The summed E-state index contributed by atoms with van der Waals surface area (Å²) in [5.74, 6) is 0.435. The Bertz CT molecular complexity index is 699. The van der Waals surface area contributed by atoms with Crippen LogP contribution in [0.4, 0.5) is 8.78 Å². The molecule has 124 valence electrons. The Morgan fingerprint density at radius 3 is 2.52 bits per heavy atom. The Morgan fingerprint density at radius 1 is 1.26 bits per heavy atom. The molecule has 1 aromatic carbocycles. The molecular weight excluding hydrogens is 298 g/mol. The Kier molecular flexibility index (Phi) is 3.96. The van der Waals surface area contributed by atoms with E-state index >= 15 is 0 Å². The van der Waals surface area contributed by atoms with Gasteiger partial charge in [0.05, 0.1) is 6.54 Å². The molecule has 1 aliphatic rings.